The number of benzene rings is 3. The van der Waals surface area contributed by atoms with E-state index in [1.807, 2.05) is 0 Å². The standard InChI is InChI=1S/C38H49Si.3ClH.Ti/c1-8-16-34-17-15-18-38(34)39(35-22-28(9-2)19-29(10-3)23-35,36-24-30(11-4)20-31(12-5)25-36)37-26-32(13-6)21-33(14-7)27-37;;;;/h15,17-27H,8-14,16H2,1-7H3;3*1H;/q-1;;;;+4/p-3. The molecule has 0 saturated carbocycles. The SMILES string of the molecule is CCCc1ccc[c-]1[Si](c1cc(CC)cc(CC)c1)(c1cc(CC)cc(CC)c1)c1cc(CC)cc(CC)c1.[Cl-].[Cl-].[Cl-].[Ti+4]. The molecule has 0 bridgehead atoms. The Bertz CT molecular complexity index is 1210. The van der Waals surface area contributed by atoms with Gasteiger partial charge in [-0.25, -0.2) is 12.1 Å². The largest absolute Gasteiger partial charge is 4.00 e. The second kappa shape index (κ2) is 19.4. The number of aryl methyl sites for hydroxylation is 7. The molecule has 4 rings (SSSR count). The number of hydrogen-bond donors (Lipinski definition) is 0. The van der Waals surface area contributed by atoms with Crippen LogP contribution >= 0.6 is 0 Å². The van der Waals surface area contributed by atoms with Gasteiger partial charge in [0.25, 0.3) is 0 Å². The molecule has 0 saturated heterocycles. The molecule has 0 nitrogen and oxygen atoms in total. The second-order valence-corrected chi connectivity index (χ2v) is 15.0. The topological polar surface area (TPSA) is 0 Å². The van der Waals surface area contributed by atoms with Crippen molar-refractivity contribution in [2.45, 2.75) is 99.8 Å². The van der Waals surface area contributed by atoms with E-state index in [9.17, 15) is 0 Å². The van der Waals surface area contributed by atoms with Gasteiger partial charge in [0.1, 0.15) is 8.07 Å². The third-order valence-corrected chi connectivity index (χ3v) is 13.5. The fourth-order valence-corrected chi connectivity index (χ4v) is 11.8. The van der Waals surface area contributed by atoms with Crippen LogP contribution in [0.4, 0.5) is 0 Å². The van der Waals surface area contributed by atoms with E-state index in [1.54, 1.807) is 26.3 Å². The predicted octanol–water partition coefficient (Wildman–Crippen LogP) is -1.88. The first-order valence-corrected chi connectivity index (χ1v) is 17.6. The van der Waals surface area contributed by atoms with Crippen LogP contribution in [0.2, 0.25) is 0 Å². The van der Waals surface area contributed by atoms with E-state index in [2.05, 4.69) is 121 Å². The minimum Gasteiger partial charge on any atom is -1.00 e. The van der Waals surface area contributed by atoms with E-state index < -0.39 is 8.07 Å². The number of halogens is 3. The number of rotatable bonds is 12. The Morgan fingerprint density at radius 1 is 0.488 bits per heavy atom. The molecule has 0 aliphatic carbocycles. The molecule has 0 aliphatic heterocycles. The molecule has 0 heterocycles. The van der Waals surface area contributed by atoms with Crippen LogP contribution in [0.15, 0.2) is 72.8 Å². The molecule has 0 unspecified atom stereocenters. The van der Waals surface area contributed by atoms with E-state index in [1.165, 1.54) is 39.8 Å². The van der Waals surface area contributed by atoms with Crippen LogP contribution in [0.3, 0.4) is 0 Å². The van der Waals surface area contributed by atoms with Gasteiger partial charge in [0, 0.05) is 0 Å². The van der Waals surface area contributed by atoms with Crippen LogP contribution < -0.4 is 58.0 Å². The summed E-state index contributed by atoms with van der Waals surface area (Å²) in [5, 5.41) is 6.29. The summed E-state index contributed by atoms with van der Waals surface area (Å²) in [6, 6.07) is 30.1. The summed E-state index contributed by atoms with van der Waals surface area (Å²) in [5.74, 6) is 0. The van der Waals surface area contributed by atoms with Crippen molar-refractivity contribution in [2.75, 3.05) is 0 Å². The maximum Gasteiger partial charge on any atom is 4.00 e. The fourth-order valence-electron chi connectivity index (χ4n) is 6.44. The molecule has 0 fully saturated rings. The Morgan fingerprint density at radius 2 is 0.791 bits per heavy atom. The summed E-state index contributed by atoms with van der Waals surface area (Å²) < 4.78 is 0. The minimum absolute atomic E-state index is 0. The van der Waals surface area contributed by atoms with Gasteiger partial charge in [-0.2, -0.15) is 11.6 Å². The minimum atomic E-state index is -2.62. The van der Waals surface area contributed by atoms with Crippen molar-refractivity contribution in [1.82, 2.24) is 0 Å². The van der Waals surface area contributed by atoms with Crippen molar-refractivity contribution >= 4 is 28.8 Å². The smallest absolute Gasteiger partial charge is 1.00 e. The van der Waals surface area contributed by atoms with Crippen molar-refractivity contribution in [1.29, 1.82) is 0 Å². The van der Waals surface area contributed by atoms with Crippen molar-refractivity contribution < 1.29 is 58.9 Å². The Morgan fingerprint density at radius 3 is 1.05 bits per heavy atom. The Kier molecular flexibility index (Phi) is 18.8. The second-order valence-electron chi connectivity index (χ2n) is 11.2. The third kappa shape index (κ3) is 8.75. The van der Waals surface area contributed by atoms with Crippen LogP contribution in [0.1, 0.15) is 93.8 Å². The van der Waals surface area contributed by atoms with Crippen molar-refractivity contribution in [3.63, 3.8) is 0 Å². The monoisotopic (exact) mass is 686 g/mol. The van der Waals surface area contributed by atoms with E-state index in [0.29, 0.717) is 0 Å². The molecule has 0 N–H and O–H groups in total. The zero-order chi connectivity index (χ0) is 28.0. The quantitative estimate of drug-likeness (QED) is 0.0931. The van der Waals surface area contributed by atoms with Crippen molar-refractivity contribution in [2.24, 2.45) is 0 Å². The molecular formula is C38H49Cl3SiTi. The van der Waals surface area contributed by atoms with Gasteiger partial charge >= 0.3 is 21.7 Å². The average Bonchev–Trinajstić information content (AvgIpc) is 3.45. The molecule has 0 atom stereocenters. The van der Waals surface area contributed by atoms with Crippen molar-refractivity contribution in [3.8, 4) is 0 Å². The van der Waals surface area contributed by atoms with Gasteiger partial charge < -0.3 is 37.2 Å². The third-order valence-electron chi connectivity index (χ3n) is 8.74. The predicted molar refractivity (Wildman–Crippen MR) is 176 cm³/mol. The zero-order valence-electron chi connectivity index (χ0n) is 27.2. The fraction of sp³-hybridized carbons (Fsp3) is 0.395. The molecule has 4 aromatic carbocycles. The maximum absolute atomic E-state index is 2.62. The van der Waals surface area contributed by atoms with E-state index >= 15 is 0 Å². The molecule has 230 valence electrons. The molecule has 0 aliphatic rings. The van der Waals surface area contributed by atoms with Crippen LogP contribution in [0, 0.1) is 0 Å². The Hall–Kier alpha value is -1.19. The first-order valence-electron chi connectivity index (χ1n) is 15.6. The molecule has 5 heteroatoms. The van der Waals surface area contributed by atoms with Crippen LogP contribution in [0.5, 0.6) is 0 Å². The molecule has 0 amide bonds. The summed E-state index contributed by atoms with van der Waals surface area (Å²) in [6.07, 6.45) is 8.71. The first-order chi connectivity index (χ1) is 19.0. The van der Waals surface area contributed by atoms with Gasteiger partial charge in [-0.15, -0.1) is 5.19 Å². The summed E-state index contributed by atoms with van der Waals surface area (Å²) in [6.45, 7) is 16.2. The van der Waals surface area contributed by atoms with Gasteiger partial charge in [-0.3, -0.25) is 0 Å². The van der Waals surface area contributed by atoms with Crippen LogP contribution in [-0.4, -0.2) is 8.07 Å². The Labute approximate surface area is 297 Å². The average molecular weight is 688 g/mol. The van der Waals surface area contributed by atoms with Gasteiger partial charge in [-0.05, 0) is 71.9 Å². The van der Waals surface area contributed by atoms with Gasteiger partial charge in [0.05, 0.1) is 0 Å². The van der Waals surface area contributed by atoms with Gasteiger partial charge in [0.2, 0.25) is 0 Å². The van der Waals surface area contributed by atoms with Gasteiger partial charge in [0.15, 0.2) is 0 Å². The maximum atomic E-state index is 2.59. The van der Waals surface area contributed by atoms with E-state index in [4.69, 9.17) is 0 Å². The normalized spacial score (nSPS) is 10.7. The summed E-state index contributed by atoms with van der Waals surface area (Å²) >= 11 is 0. The first kappa shape index (κ1) is 41.8. The number of hydrogen-bond acceptors (Lipinski definition) is 0. The van der Waals surface area contributed by atoms with Gasteiger partial charge in [-0.1, -0.05) is 131 Å². The van der Waals surface area contributed by atoms with Crippen LogP contribution in [-0.2, 0) is 66.7 Å². The molecule has 4 aromatic rings. The molecule has 0 aromatic heterocycles. The summed E-state index contributed by atoms with van der Waals surface area (Å²) in [7, 11) is -2.62. The summed E-state index contributed by atoms with van der Waals surface area (Å²) in [5.41, 5.74) is 10.3. The molecule has 0 spiro atoms. The molecule has 43 heavy (non-hydrogen) atoms. The van der Waals surface area contributed by atoms with E-state index in [-0.39, 0.29) is 58.9 Å². The molecular weight excluding hydrogens is 639 g/mol. The van der Waals surface area contributed by atoms with Crippen LogP contribution in [0.25, 0.3) is 0 Å². The zero-order valence-corrected chi connectivity index (χ0v) is 32.0. The Balaban J connectivity index is 0.00000441. The van der Waals surface area contributed by atoms with E-state index in [0.717, 1.165) is 44.9 Å². The molecule has 0 radical (unpaired) electrons. The summed E-state index contributed by atoms with van der Waals surface area (Å²) in [4.78, 5) is 0. The van der Waals surface area contributed by atoms with Crippen molar-refractivity contribution in [3.05, 3.63) is 112 Å².